The molecule has 4 fully saturated rings. The van der Waals surface area contributed by atoms with Gasteiger partial charge in [0.1, 0.15) is 12.4 Å². The van der Waals surface area contributed by atoms with E-state index in [0.29, 0.717) is 36.1 Å². The lowest BCUT2D eigenvalue weighted by molar-refractivity contribution is -0.140. The molecule has 0 aromatic heterocycles. The van der Waals surface area contributed by atoms with E-state index in [1.807, 2.05) is 7.05 Å². The van der Waals surface area contributed by atoms with E-state index in [4.69, 9.17) is 4.84 Å². The summed E-state index contributed by atoms with van der Waals surface area (Å²) >= 11 is 0. The number of hydrogen-bond acceptors (Lipinski definition) is 5. The maximum absolute atomic E-state index is 12.7. The summed E-state index contributed by atoms with van der Waals surface area (Å²) in [5.74, 6) is 2.56. The minimum atomic E-state index is -0.126. The molecule has 0 spiro atoms. The van der Waals surface area contributed by atoms with E-state index in [1.54, 1.807) is 0 Å². The molecule has 176 valence electrons. The van der Waals surface area contributed by atoms with Crippen molar-refractivity contribution in [3.63, 3.8) is 0 Å². The molecule has 4 saturated carbocycles. The number of ketones is 1. The molecule has 7 atom stereocenters. The Balaban J connectivity index is 0.00000272. The van der Waals surface area contributed by atoms with Crippen molar-refractivity contribution in [1.82, 2.24) is 10.6 Å². The number of carbonyl (C=O) groups is 2. The smallest absolute Gasteiger partial charge is 0.207 e. The zero-order valence-electron chi connectivity index (χ0n) is 19.3. The van der Waals surface area contributed by atoms with Crippen LogP contribution in [0.25, 0.3) is 0 Å². The van der Waals surface area contributed by atoms with Crippen LogP contribution in [-0.4, -0.2) is 44.1 Å². The number of nitrogens with one attached hydrogen (secondary N) is 2. The first-order valence-electron chi connectivity index (χ1n) is 12.0. The van der Waals surface area contributed by atoms with Gasteiger partial charge in [-0.2, -0.15) is 0 Å². The molecule has 31 heavy (non-hydrogen) atoms. The predicted molar refractivity (Wildman–Crippen MR) is 124 cm³/mol. The molecule has 0 unspecified atom stereocenters. The van der Waals surface area contributed by atoms with Crippen molar-refractivity contribution in [2.24, 2.45) is 39.7 Å². The molecule has 7 heteroatoms. The van der Waals surface area contributed by atoms with Gasteiger partial charge >= 0.3 is 0 Å². The van der Waals surface area contributed by atoms with Crippen LogP contribution >= 0.6 is 12.4 Å². The average molecular weight is 454 g/mol. The van der Waals surface area contributed by atoms with Gasteiger partial charge in [0.25, 0.3) is 0 Å². The molecule has 0 heterocycles. The summed E-state index contributed by atoms with van der Waals surface area (Å²) in [7, 11) is 1.94. The number of rotatable bonds is 7. The molecule has 0 aromatic carbocycles. The first-order chi connectivity index (χ1) is 14.4. The Bertz CT molecular complexity index is 702. The van der Waals surface area contributed by atoms with E-state index in [1.165, 1.54) is 0 Å². The van der Waals surface area contributed by atoms with Crippen molar-refractivity contribution < 1.29 is 14.4 Å². The molecule has 0 aromatic rings. The Morgan fingerprint density at radius 2 is 1.97 bits per heavy atom. The van der Waals surface area contributed by atoms with E-state index in [2.05, 4.69) is 29.6 Å². The molecule has 4 rings (SSSR count). The van der Waals surface area contributed by atoms with Gasteiger partial charge in [-0.15, -0.1) is 12.4 Å². The van der Waals surface area contributed by atoms with E-state index in [-0.39, 0.29) is 29.3 Å². The van der Waals surface area contributed by atoms with Crippen molar-refractivity contribution in [3.8, 4) is 0 Å². The van der Waals surface area contributed by atoms with Crippen molar-refractivity contribution in [3.05, 3.63) is 0 Å². The Morgan fingerprint density at radius 3 is 2.71 bits per heavy atom. The van der Waals surface area contributed by atoms with Crippen LogP contribution < -0.4 is 10.6 Å². The zero-order chi connectivity index (χ0) is 21.4. The van der Waals surface area contributed by atoms with Crippen molar-refractivity contribution in [2.45, 2.75) is 77.7 Å². The lowest BCUT2D eigenvalue weighted by Crippen LogP contribution is -2.60. The third-order valence-corrected chi connectivity index (χ3v) is 9.40. The van der Waals surface area contributed by atoms with Crippen molar-refractivity contribution in [2.75, 3.05) is 20.2 Å². The van der Waals surface area contributed by atoms with Gasteiger partial charge < -0.3 is 15.5 Å². The third-order valence-electron chi connectivity index (χ3n) is 9.40. The maximum atomic E-state index is 12.7. The highest BCUT2D eigenvalue weighted by Gasteiger charge is 2.62. The first kappa shape index (κ1) is 24.5. The molecule has 1 amide bonds. The molecule has 4 aliphatic carbocycles. The second-order valence-electron chi connectivity index (χ2n) is 10.7. The van der Waals surface area contributed by atoms with Gasteiger partial charge in [-0.05, 0) is 94.0 Å². The Labute approximate surface area is 193 Å². The highest BCUT2D eigenvalue weighted by Crippen LogP contribution is 2.65. The number of oxime groups is 1. The molecule has 0 radical (unpaired) electrons. The van der Waals surface area contributed by atoms with E-state index < -0.39 is 0 Å². The average Bonchev–Trinajstić information content (AvgIpc) is 3.03. The molecular weight excluding hydrogens is 414 g/mol. The summed E-state index contributed by atoms with van der Waals surface area (Å²) in [5.41, 5.74) is 1.22. The molecule has 6 nitrogen and oxygen atoms in total. The third kappa shape index (κ3) is 4.27. The first-order valence-corrected chi connectivity index (χ1v) is 12.0. The van der Waals surface area contributed by atoms with Crippen LogP contribution in [0.1, 0.15) is 71.6 Å². The molecule has 2 N–H and O–H groups in total. The summed E-state index contributed by atoms with van der Waals surface area (Å²) in [6.45, 7) is 6.25. The minimum absolute atomic E-state index is 0. The monoisotopic (exact) mass is 453 g/mol. The van der Waals surface area contributed by atoms with Gasteiger partial charge in [-0.1, -0.05) is 19.0 Å². The van der Waals surface area contributed by atoms with Gasteiger partial charge in [0, 0.05) is 17.9 Å². The largest absolute Gasteiger partial charge is 0.396 e. The normalized spacial score (nSPS) is 42.7. The lowest BCUT2D eigenvalue weighted by Gasteiger charge is -2.61. The fraction of sp³-hybridized carbons (Fsp3) is 0.875. The van der Waals surface area contributed by atoms with Crippen molar-refractivity contribution >= 4 is 30.3 Å². The Kier molecular flexibility index (Phi) is 7.73. The summed E-state index contributed by atoms with van der Waals surface area (Å²) < 4.78 is 0. The van der Waals surface area contributed by atoms with Crippen LogP contribution in [-0.2, 0) is 14.4 Å². The Hall–Kier alpha value is -1.14. The molecule has 0 aliphatic heterocycles. The van der Waals surface area contributed by atoms with Gasteiger partial charge in [0.05, 0.1) is 5.71 Å². The number of Topliss-reactive ketones (excluding diaryl/α,β-unsaturated/α-hetero) is 1. The SMILES string of the molecule is CNCCCO/N=C1\CC[C@@]2(C)[C@H](C1)[C@@H](NC=O)C[C@@H]1[C@@H]2CC[C@]2(C)C(=O)CC[C@@H]12.Cl. The number of hydrogen-bond donors (Lipinski definition) is 2. The quantitative estimate of drug-likeness (QED) is 0.349. The minimum Gasteiger partial charge on any atom is -0.396 e. The number of halogens is 1. The van der Waals surface area contributed by atoms with Crippen LogP contribution in [0.3, 0.4) is 0 Å². The zero-order valence-corrected chi connectivity index (χ0v) is 20.1. The highest BCUT2D eigenvalue weighted by atomic mass is 35.5. The number of fused-ring (bicyclic) bond motifs is 5. The summed E-state index contributed by atoms with van der Waals surface area (Å²) in [6, 6.07) is 0.168. The standard InChI is InChI=1S/C24H39N3O3.ClH/c1-23-9-7-16(27-30-12-4-11-25-3)13-20(23)21(26-15-28)14-17-18-5-6-22(29)24(18,2)10-8-19(17)23;/h15,17-21,25H,4-14H2,1-3H3,(H,26,28);1H/b27-16+;/t17-,18-,19-,20+,21-,23+,24-;/m0./s1. The van der Waals surface area contributed by atoms with Crippen LogP contribution in [0.5, 0.6) is 0 Å². The summed E-state index contributed by atoms with van der Waals surface area (Å²) in [5, 5.41) is 10.8. The fourth-order valence-electron chi connectivity index (χ4n) is 7.72. The Morgan fingerprint density at radius 1 is 1.16 bits per heavy atom. The summed E-state index contributed by atoms with van der Waals surface area (Å²) in [6.07, 6.45) is 9.82. The van der Waals surface area contributed by atoms with Gasteiger partial charge in [-0.3, -0.25) is 9.59 Å². The predicted octanol–water partition coefficient (Wildman–Crippen LogP) is 3.73. The highest BCUT2D eigenvalue weighted by molar-refractivity contribution is 5.87. The fourth-order valence-corrected chi connectivity index (χ4v) is 7.72. The molecular formula is C24H40ClN3O3. The molecule has 4 aliphatic rings. The van der Waals surface area contributed by atoms with Crippen LogP contribution in [0, 0.1) is 34.5 Å². The summed E-state index contributed by atoms with van der Waals surface area (Å²) in [4.78, 5) is 29.8. The topological polar surface area (TPSA) is 79.8 Å². The second kappa shape index (κ2) is 9.78. The molecule has 0 bridgehead atoms. The van der Waals surface area contributed by atoms with Crippen molar-refractivity contribution in [1.29, 1.82) is 0 Å². The van der Waals surface area contributed by atoms with E-state index in [0.717, 1.165) is 76.5 Å². The number of nitrogens with zero attached hydrogens (tertiary/aromatic N) is 1. The maximum Gasteiger partial charge on any atom is 0.207 e. The van der Waals surface area contributed by atoms with Gasteiger partial charge in [-0.25, -0.2) is 0 Å². The number of carbonyl (C=O) groups excluding carboxylic acids is 2. The van der Waals surface area contributed by atoms with Crippen LogP contribution in [0.4, 0.5) is 0 Å². The lowest BCUT2D eigenvalue weighted by atomic mass is 9.44. The van der Waals surface area contributed by atoms with E-state index >= 15 is 0 Å². The van der Waals surface area contributed by atoms with E-state index in [9.17, 15) is 9.59 Å². The van der Waals surface area contributed by atoms with Gasteiger partial charge in [0.2, 0.25) is 6.41 Å². The van der Waals surface area contributed by atoms with Crippen LogP contribution in [0.15, 0.2) is 5.16 Å². The number of amides is 1. The van der Waals surface area contributed by atoms with Gasteiger partial charge in [0.15, 0.2) is 0 Å². The van der Waals surface area contributed by atoms with Crippen LogP contribution in [0.2, 0.25) is 0 Å². The second-order valence-corrected chi connectivity index (χ2v) is 10.7. The molecule has 0 saturated heterocycles.